The van der Waals surface area contributed by atoms with Crippen LogP contribution in [0.4, 0.5) is 5.82 Å². The van der Waals surface area contributed by atoms with Gasteiger partial charge in [-0.1, -0.05) is 6.07 Å². The number of nitrogens with zero attached hydrogens (tertiary/aromatic N) is 3. The lowest BCUT2D eigenvalue weighted by atomic mass is 10.1. The molecule has 0 radical (unpaired) electrons. The number of carbonyl (C=O) groups excluding carboxylic acids is 1. The lowest BCUT2D eigenvalue weighted by Gasteiger charge is -2.13. The first-order valence-corrected chi connectivity index (χ1v) is 10.5. The number of amides is 1. The molecule has 1 atom stereocenters. The van der Waals surface area contributed by atoms with Crippen LogP contribution in [0.5, 0.6) is 0 Å². The number of aryl methyl sites for hydroxylation is 1. The van der Waals surface area contributed by atoms with E-state index in [0.717, 1.165) is 27.2 Å². The summed E-state index contributed by atoms with van der Waals surface area (Å²) in [5.74, 6) is 0.655. The molecule has 4 aromatic heterocycles. The maximum Gasteiger partial charge on any atom is 0.261 e. The van der Waals surface area contributed by atoms with E-state index in [1.165, 1.54) is 16.2 Å². The molecule has 0 saturated heterocycles. The molecule has 142 valence electrons. The minimum Gasteiger partial charge on any atom is -0.362 e. The summed E-state index contributed by atoms with van der Waals surface area (Å²) in [5.41, 5.74) is 1.91. The van der Waals surface area contributed by atoms with Gasteiger partial charge in [0.1, 0.15) is 17.0 Å². The predicted molar refractivity (Wildman–Crippen MR) is 114 cm³/mol. The lowest BCUT2D eigenvalue weighted by Crippen LogP contribution is -2.22. The van der Waals surface area contributed by atoms with Crippen molar-refractivity contribution in [2.75, 3.05) is 5.32 Å². The van der Waals surface area contributed by atoms with Crippen LogP contribution in [0.2, 0.25) is 0 Å². The molecular formula is C20H19N5OS2. The van der Waals surface area contributed by atoms with Crippen LogP contribution in [-0.2, 0) is 6.54 Å². The molecule has 2 N–H and O–H groups in total. The van der Waals surface area contributed by atoms with E-state index in [4.69, 9.17) is 0 Å². The summed E-state index contributed by atoms with van der Waals surface area (Å²) >= 11 is 3.10. The van der Waals surface area contributed by atoms with Crippen LogP contribution in [0, 0.1) is 6.92 Å². The van der Waals surface area contributed by atoms with Crippen LogP contribution < -0.4 is 10.6 Å². The fourth-order valence-corrected chi connectivity index (χ4v) is 4.77. The fraction of sp³-hybridized carbons (Fsp3) is 0.200. The van der Waals surface area contributed by atoms with Gasteiger partial charge in [0.15, 0.2) is 0 Å². The molecule has 8 heteroatoms. The van der Waals surface area contributed by atoms with Crippen molar-refractivity contribution in [3.05, 3.63) is 69.2 Å². The molecule has 0 bridgehead atoms. The van der Waals surface area contributed by atoms with Crippen LogP contribution in [-0.4, -0.2) is 20.9 Å². The van der Waals surface area contributed by atoms with Gasteiger partial charge in [-0.15, -0.1) is 22.7 Å². The van der Waals surface area contributed by atoms with Gasteiger partial charge in [-0.3, -0.25) is 9.78 Å². The monoisotopic (exact) mass is 409 g/mol. The highest BCUT2D eigenvalue weighted by Crippen LogP contribution is 2.35. The first-order chi connectivity index (χ1) is 13.6. The normalized spacial score (nSPS) is 12.1. The Balaban J connectivity index is 1.59. The highest BCUT2D eigenvalue weighted by Gasteiger charge is 2.20. The van der Waals surface area contributed by atoms with Gasteiger partial charge in [0.05, 0.1) is 16.3 Å². The van der Waals surface area contributed by atoms with Crippen molar-refractivity contribution in [2.45, 2.75) is 26.4 Å². The number of rotatable bonds is 6. The molecule has 4 rings (SSSR count). The Hall–Kier alpha value is -2.84. The third-order valence-electron chi connectivity index (χ3n) is 4.46. The van der Waals surface area contributed by atoms with Crippen molar-refractivity contribution < 1.29 is 4.79 Å². The van der Waals surface area contributed by atoms with E-state index in [1.807, 2.05) is 25.1 Å². The highest BCUT2D eigenvalue weighted by molar-refractivity contribution is 7.20. The largest absolute Gasteiger partial charge is 0.362 e. The van der Waals surface area contributed by atoms with Gasteiger partial charge in [-0.25, -0.2) is 9.97 Å². The molecule has 0 spiro atoms. The van der Waals surface area contributed by atoms with E-state index in [0.29, 0.717) is 11.4 Å². The number of anilines is 1. The number of fused-ring (bicyclic) bond motifs is 1. The van der Waals surface area contributed by atoms with E-state index >= 15 is 0 Å². The zero-order valence-electron chi connectivity index (χ0n) is 15.5. The van der Waals surface area contributed by atoms with E-state index < -0.39 is 0 Å². The van der Waals surface area contributed by atoms with Crippen molar-refractivity contribution >= 4 is 44.6 Å². The summed E-state index contributed by atoms with van der Waals surface area (Å²) < 4.78 is 0. The fourth-order valence-electron chi connectivity index (χ4n) is 2.97. The smallest absolute Gasteiger partial charge is 0.261 e. The zero-order valence-corrected chi connectivity index (χ0v) is 17.1. The second kappa shape index (κ2) is 8.04. The van der Waals surface area contributed by atoms with Gasteiger partial charge >= 0.3 is 0 Å². The molecule has 0 fully saturated rings. The number of pyridine rings is 1. The van der Waals surface area contributed by atoms with Crippen molar-refractivity contribution in [3.8, 4) is 0 Å². The third kappa shape index (κ3) is 3.74. The molecule has 1 amide bonds. The van der Waals surface area contributed by atoms with Gasteiger partial charge in [-0.2, -0.15) is 0 Å². The van der Waals surface area contributed by atoms with Crippen LogP contribution >= 0.6 is 22.7 Å². The van der Waals surface area contributed by atoms with Crippen LogP contribution in [0.3, 0.4) is 0 Å². The van der Waals surface area contributed by atoms with Crippen LogP contribution in [0.15, 0.2) is 48.4 Å². The molecule has 0 aromatic carbocycles. The molecular weight excluding hydrogens is 390 g/mol. The van der Waals surface area contributed by atoms with Crippen molar-refractivity contribution in [3.63, 3.8) is 0 Å². The summed E-state index contributed by atoms with van der Waals surface area (Å²) in [6, 6.07) is 8.03. The lowest BCUT2D eigenvalue weighted by molar-refractivity contribution is 0.0954. The average molecular weight is 410 g/mol. The van der Waals surface area contributed by atoms with Gasteiger partial charge in [0.2, 0.25) is 0 Å². The van der Waals surface area contributed by atoms with Crippen LogP contribution in [0.25, 0.3) is 10.2 Å². The van der Waals surface area contributed by atoms with E-state index in [-0.39, 0.29) is 11.9 Å². The maximum absolute atomic E-state index is 12.7. The van der Waals surface area contributed by atoms with Crippen molar-refractivity contribution in [2.24, 2.45) is 0 Å². The Labute approximate surface area is 170 Å². The Bertz CT molecular complexity index is 1090. The molecule has 0 aliphatic heterocycles. The van der Waals surface area contributed by atoms with Gasteiger partial charge in [0, 0.05) is 23.8 Å². The molecule has 6 nitrogen and oxygen atoms in total. The van der Waals surface area contributed by atoms with Gasteiger partial charge in [0.25, 0.3) is 5.91 Å². The zero-order chi connectivity index (χ0) is 19.5. The second-order valence-electron chi connectivity index (χ2n) is 6.38. The summed E-state index contributed by atoms with van der Waals surface area (Å²) in [6.07, 6.45) is 4.98. The van der Waals surface area contributed by atoms with Crippen molar-refractivity contribution in [1.82, 2.24) is 20.3 Å². The van der Waals surface area contributed by atoms with Gasteiger partial charge < -0.3 is 10.6 Å². The topological polar surface area (TPSA) is 79.8 Å². The second-order valence-corrected chi connectivity index (χ2v) is 8.36. The summed E-state index contributed by atoms with van der Waals surface area (Å²) in [5, 5.41) is 9.41. The minimum absolute atomic E-state index is 0.102. The van der Waals surface area contributed by atoms with E-state index in [1.54, 1.807) is 30.1 Å². The molecule has 4 aromatic rings. The number of carbonyl (C=O) groups is 1. The Morgan fingerprint density at radius 1 is 1.21 bits per heavy atom. The average Bonchev–Trinajstić information content (AvgIpc) is 3.36. The Kier molecular flexibility index (Phi) is 5.31. The quantitative estimate of drug-likeness (QED) is 0.488. The third-order valence-corrected chi connectivity index (χ3v) is 6.71. The SMILES string of the molecule is Cc1c(C(=O)NCc2ccncc2)sc2ncnc(N[C@@H](C)c3cccs3)c12. The molecule has 0 aliphatic rings. The summed E-state index contributed by atoms with van der Waals surface area (Å²) in [7, 11) is 0. The minimum atomic E-state index is -0.102. The standard InChI is InChI=1S/C20H19N5OS2/c1-12-16-18(25-13(2)15-4-3-9-27-15)23-11-24-20(16)28-17(12)19(26)22-10-14-5-7-21-8-6-14/h3-9,11,13H,10H2,1-2H3,(H,22,26)(H,23,24,25)/t13-/m0/s1. The highest BCUT2D eigenvalue weighted by atomic mass is 32.1. The molecule has 0 saturated carbocycles. The van der Waals surface area contributed by atoms with Crippen molar-refractivity contribution in [1.29, 1.82) is 0 Å². The van der Waals surface area contributed by atoms with Gasteiger partial charge in [-0.05, 0) is 48.6 Å². The van der Waals surface area contributed by atoms with Crippen LogP contribution in [0.1, 0.15) is 38.6 Å². The first kappa shape index (κ1) is 18.5. The maximum atomic E-state index is 12.7. The Morgan fingerprint density at radius 2 is 2.04 bits per heavy atom. The molecule has 0 aliphatic carbocycles. The summed E-state index contributed by atoms with van der Waals surface area (Å²) in [6.45, 7) is 4.51. The molecule has 0 unspecified atom stereocenters. The number of nitrogens with one attached hydrogen (secondary N) is 2. The number of hydrogen-bond donors (Lipinski definition) is 2. The molecule has 28 heavy (non-hydrogen) atoms. The number of aromatic nitrogens is 3. The number of hydrogen-bond acceptors (Lipinski definition) is 7. The predicted octanol–water partition coefficient (Wildman–Crippen LogP) is 4.56. The number of thiophene rings is 2. The summed E-state index contributed by atoms with van der Waals surface area (Å²) in [4.78, 5) is 28.3. The Morgan fingerprint density at radius 3 is 2.79 bits per heavy atom. The van der Waals surface area contributed by atoms with E-state index in [9.17, 15) is 4.79 Å². The molecule has 4 heterocycles. The van der Waals surface area contributed by atoms with E-state index in [2.05, 4.69) is 44.0 Å². The first-order valence-electron chi connectivity index (χ1n) is 8.84.